The number of aliphatic hydroxyl groups excluding tert-OH is 3. The molecule has 0 saturated carbocycles. The Morgan fingerprint density at radius 1 is 0.557 bits per heavy atom. The first-order valence-corrected chi connectivity index (χ1v) is 36.7. The minimum absolute atomic E-state index is 0.000381. The van der Waals surface area contributed by atoms with Crippen LogP contribution in [0.25, 0.3) is 0 Å². The summed E-state index contributed by atoms with van der Waals surface area (Å²) in [5, 5.41) is 78.2. The first-order chi connectivity index (χ1) is 50.1. The van der Waals surface area contributed by atoms with Gasteiger partial charge >= 0.3 is 17.7 Å². The highest BCUT2D eigenvalue weighted by Gasteiger charge is 2.41. The zero-order chi connectivity index (χ0) is 78.8. The SMILES string of the molecule is CC(C)N(C(C)C)P(Cl)OCCC#N.CC(OC(=O)Cl)c1cc2c(cc1[N+](=O)[O-])OCO2.[B]C1CC(O)C(CO)O1.[B]C1CC(O)C(COC(=O)OC(C)c2cc3c(cc2[N+](=O)[O-])OCO3)O1.[B]C1CC(OP(OCCC#N)N(C(C)C)C(C)C)C(COC(=O)OC(C)c2cc3c(cc2[N+](=O)[O-])OCO3)O1. The van der Waals surface area contributed by atoms with Crippen LogP contribution in [0.15, 0.2) is 36.4 Å². The highest BCUT2D eigenvalue weighted by molar-refractivity contribution is 7.78. The highest BCUT2D eigenvalue weighted by atomic mass is 35.7. The number of hydrogen-bond donors (Lipinski definition) is 3. The Hall–Kier alpha value is -7.16. The smallest absolute Gasteiger partial charge is 0.454 e. The third-order valence-corrected chi connectivity index (χ3v) is 20.2. The minimum atomic E-state index is -1.57. The number of ether oxygens (including phenoxy) is 14. The first kappa shape index (κ1) is 89.5. The van der Waals surface area contributed by atoms with Gasteiger partial charge in [-0.1, -0.05) is 0 Å². The Kier molecular flexibility index (Phi) is 36.9. The quantitative estimate of drug-likeness (QED) is 0.00888. The molecule has 3 saturated heterocycles. The van der Waals surface area contributed by atoms with Crippen molar-refractivity contribution in [3.63, 3.8) is 0 Å². The number of nitro benzene ring substituents is 3. The third kappa shape index (κ3) is 27.2. The van der Waals surface area contributed by atoms with Crippen molar-refractivity contribution >= 4 is 97.4 Å². The van der Waals surface area contributed by atoms with Crippen LogP contribution >= 0.6 is 39.0 Å². The molecule has 6 heterocycles. The molecule has 3 aromatic rings. The number of rotatable bonds is 28. The van der Waals surface area contributed by atoms with Crippen molar-refractivity contribution in [1.82, 2.24) is 9.34 Å². The van der Waals surface area contributed by atoms with Gasteiger partial charge in [0.05, 0.1) is 113 Å². The van der Waals surface area contributed by atoms with Gasteiger partial charge in [0.25, 0.3) is 25.6 Å². The average molecular weight is 1570 g/mol. The normalized spacial score (nSPS) is 22.0. The maximum Gasteiger partial charge on any atom is 0.508 e. The fourth-order valence-corrected chi connectivity index (χ4v) is 15.0. The largest absolute Gasteiger partial charge is 0.508 e. The van der Waals surface area contributed by atoms with E-state index in [1.165, 1.54) is 57.2 Å². The van der Waals surface area contributed by atoms with Crippen molar-refractivity contribution in [2.45, 2.75) is 205 Å². The Labute approximate surface area is 627 Å². The number of nitrogens with zero attached hydrogens (tertiary/aromatic N) is 7. The number of aliphatic hydroxyl groups is 3. The molecule has 0 spiro atoms. The molecule has 6 aliphatic rings. The summed E-state index contributed by atoms with van der Waals surface area (Å²) in [7, 11) is 14.2. The second-order valence-corrected chi connectivity index (χ2v) is 28.3. The molecular weight excluding hydrogens is 1480 g/mol. The van der Waals surface area contributed by atoms with E-state index in [-0.39, 0.29) is 123 Å². The lowest BCUT2D eigenvalue weighted by Crippen LogP contribution is -2.37. The molecule has 43 heteroatoms. The van der Waals surface area contributed by atoms with Crippen molar-refractivity contribution in [2.24, 2.45) is 0 Å². The lowest BCUT2D eigenvalue weighted by molar-refractivity contribution is -0.386. The standard InChI is InChI=1S/C24H33BN3O10P.C15H16BNO9.C10H8ClNO6.C9H18ClN2OP.C5H9BO3/c1-14(2)27(15(3)4)39(35-8-6-7-26)38-21-11-23(25)37-22(21)12-32-24(29)36-16(5)17-9-19-20(34-13-33-19)10-18(17)28(30)31;1-7(25-15(19)22-5-13-10(18)4-14(16)26-13)8-2-11-12(24-6-23-11)3-9(8)17(20)21;1-5(18-10(11)13)6-2-8-9(17-4-16-8)3-7(6)12(14)15;1-8(2)12(9(3)4)14(10)13-7-5-6-11;6-5-1-3(8)4(2-7)9-5/h9-10,14-16,21-23H,6,8,11-13H2,1-5H3;2-3,7,10,13-14,18H,4-6H2,1H3;2-3,5H,4H2,1H3;8-9H,5,7H2,1-4H3;3-5,7-8H,1-2H2. The van der Waals surface area contributed by atoms with Crippen LogP contribution < -0.4 is 28.4 Å². The lowest BCUT2D eigenvalue weighted by Gasteiger charge is -2.37. The second kappa shape index (κ2) is 43.7. The molecule has 6 aliphatic heterocycles. The van der Waals surface area contributed by atoms with Gasteiger partial charge in [-0.25, -0.2) is 23.7 Å². The van der Waals surface area contributed by atoms with Crippen molar-refractivity contribution in [2.75, 3.05) is 53.4 Å². The van der Waals surface area contributed by atoms with Crippen molar-refractivity contribution in [1.29, 1.82) is 10.5 Å². The lowest BCUT2D eigenvalue weighted by atomic mass is 9.96. The van der Waals surface area contributed by atoms with Gasteiger partial charge in [0.1, 0.15) is 73.4 Å². The first-order valence-electron chi connectivity index (χ1n) is 33.0. The molecule has 6 radical (unpaired) electrons. The van der Waals surface area contributed by atoms with Crippen molar-refractivity contribution < 1.29 is 124 Å². The predicted molar refractivity (Wildman–Crippen MR) is 377 cm³/mol. The zero-order valence-corrected chi connectivity index (χ0v) is 63.2. The van der Waals surface area contributed by atoms with E-state index in [4.69, 9.17) is 147 Å². The molecule has 578 valence electrons. The van der Waals surface area contributed by atoms with Gasteiger partial charge in [-0.2, -0.15) is 10.5 Å². The van der Waals surface area contributed by atoms with Crippen molar-refractivity contribution in [3.8, 4) is 46.6 Å². The average Bonchev–Trinajstić information content (AvgIpc) is 1.54. The molecule has 3 fully saturated rings. The molecule has 36 nitrogen and oxygen atoms in total. The van der Waals surface area contributed by atoms with Gasteiger partial charge in [-0.05, 0) is 125 Å². The summed E-state index contributed by atoms with van der Waals surface area (Å²) >= 11 is 11.2. The monoisotopic (exact) mass is 1570 g/mol. The summed E-state index contributed by atoms with van der Waals surface area (Å²) in [5.74, 6) is 1.79. The molecule has 0 amide bonds. The van der Waals surface area contributed by atoms with Gasteiger partial charge in [-0.15, -0.1) is 0 Å². The molecule has 0 bridgehead atoms. The van der Waals surface area contributed by atoms with Gasteiger partial charge in [0, 0.05) is 53.8 Å². The van der Waals surface area contributed by atoms with Crippen LogP contribution in [-0.4, -0.2) is 213 Å². The Morgan fingerprint density at radius 3 is 1.23 bits per heavy atom. The summed E-state index contributed by atoms with van der Waals surface area (Å²) in [5.41, 5.74) is -1.34. The summed E-state index contributed by atoms with van der Waals surface area (Å²) < 4.78 is 93.9. The van der Waals surface area contributed by atoms with Gasteiger partial charge in [0.2, 0.25) is 28.0 Å². The molecule has 106 heavy (non-hydrogen) atoms. The van der Waals surface area contributed by atoms with E-state index in [1.807, 2.05) is 33.8 Å². The number of carbonyl (C=O) groups is 3. The highest BCUT2D eigenvalue weighted by Crippen LogP contribution is 2.51. The molecule has 14 unspecified atom stereocenters. The van der Waals surface area contributed by atoms with E-state index in [9.17, 15) is 49.8 Å². The van der Waals surface area contributed by atoms with Crippen LogP contribution in [0, 0.1) is 53.0 Å². The van der Waals surface area contributed by atoms with Gasteiger partial charge in [-0.3, -0.25) is 30.3 Å². The summed E-state index contributed by atoms with van der Waals surface area (Å²) in [6.45, 7) is 20.7. The number of fused-ring (bicyclic) bond motifs is 3. The van der Waals surface area contributed by atoms with Gasteiger partial charge < -0.3 is 95.2 Å². The number of benzene rings is 3. The fraction of sp³-hybridized carbons (Fsp3) is 0.635. The van der Waals surface area contributed by atoms with Crippen LogP contribution in [0.4, 0.5) is 31.4 Å². The van der Waals surface area contributed by atoms with Gasteiger partial charge in [0.15, 0.2) is 34.5 Å². The number of nitriles is 2. The third-order valence-electron chi connectivity index (χ3n) is 15.5. The maximum absolute atomic E-state index is 12.5. The molecular formula is C63H84B3Cl2N7O29P2. The number of hydrogen-bond acceptors (Lipinski definition) is 33. The van der Waals surface area contributed by atoms with Crippen LogP contribution in [-0.2, 0) is 51.5 Å². The number of carbonyl (C=O) groups excluding carboxylic acids is 3. The Morgan fingerprint density at radius 2 is 0.896 bits per heavy atom. The zero-order valence-electron chi connectivity index (χ0n) is 59.9. The van der Waals surface area contributed by atoms with E-state index in [0.717, 1.165) is 0 Å². The van der Waals surface area contributed by atoms with Crippen LogP contribution in [0.5, 0.6) is 34.5 Å². The summed E-state index contributed by atoms with van der Waals surface area (Å²) in [6, 6.07) is 11.2. The Balaban J connectivity index is 0.000000259. The van der Waals surface area contributed by atoms with E-state index < -0.39 is 122 Å². The fourth-order valence-electron chi connectivity index (χ4n) is 10.7. The maximum atomic E-state index is 12.5. The predicted octanol–water partition coefficient (Wildman–Crippen LogP) is 10.5. The molecule has 3 N–H and O–H groups in total. The molecule has 0 aromatic heterocycles. The minimum Gasteiger partial charge on any atom is -0.454 e. The Bertz CT molecular complexity index is 3490. The van der Waals surface area contributed by atoms with Crippen LogP contribution in [0.2, 0.25) is 0 Å². The summed E-state index contributed by atoms with van der Waals surface area (Å²) in [4.78, 5) is 67.0. The summed E-state index contributed by atoms with van der Waals surface area (Å²) in [6.07, 6.45) is -7.24. The van der Waals surface area contributed by atoms with E-state index in [0.29, 0.717) is 55.2 Å². The molecule has 0 aliphatic carbocycles. The molecule has 9 rings (SSSR count). The number of halogens is 2. The second-order valence-electron chi connectivity index (χ2n) is 24.6. The van der Waals surface area contributed by atoms with E-state index in [1.54, 1.807) is 0 Å². The molecule has 14 atom stereocenters. The van der Waals surface area contributed by atoms with Crippen molar-refractivity contribution in [3.05, 3.63) is 83.4 Å². The molecule has 3 aromatic carbocycles. The topological polar surface area (TPSA) is 452 Å². The van der Waals surface area contributed by atoms with Crippen LogP contribution in [0.1, 0.15) is 143 Å². The van der Waals surface area contributed by atoms with E-state index in [2.05, 4.69) is 43.1 Å². The number of nitro groups is 3. The van der Waals surface area contributed by atoms with E-state index >= 15 is 0 Å². The van der Waals surface area contributed by atoms with Crippen LogP contribution in [0.3, 0.4) is 0 Å².